The fourth-order valence-electron chi connectivity index (χ4n) is 1.64. The summed E-state index contributed by atoms with van der Waals surface area (Å²) in [5.74, 6) is -0.0813. The molecule has 0 aliphatic carbocycles. The fraction of sp³-hybridized carbons (Fsp3) is 0.300. The minimum Gasteiger partial charge on any atom is -0.256 e. The second kappa shape index (κ2) is 4.38. The van der Waals surface area contributed by atoms with Crippen LogP contribution in [0.3, 0.4) is 0 Å². The van der Waals surface area contributed by atoms with Gasteiger partial charge < -0.3 is 0 Å². The molecule has 0 aromatic heterocycles. The van der Waals surface area contributed by atoms with Gasteiger partial charge in [0.15, 0.2) is 0 Å². The first-order valence-corrected chi connectivity index (χ1v) is 5.31. The van der Waals surface area contributed by atoms with Crippen LogP contribution in [-0.4, -0.2) is 6.54 Å². The Morgan fingerprint density at radius 3 is 2.80 bits per heavy atom. The molecular formula is C10H9Cl2N3. The van der Waals surface area contributed by atoms with Crippen LogP contribution in [0.1, 0.15) is 11.6 Å². The van der Waals surface area contributed by atoms with Crippen LogP contribution in [0.4, 0.5) is 0 Å². The van der Waals surface area contributed by atoms with Gasteiger partial charge in [-0.05, 0) is 17.7 Å². The maximum Gasteiger partial charge on any atom is 0.0809 e. The summed E-state index contributed by atoms with van der Waals surface area (Å²) in [7, 11) is 0. The van der Waals surface area contributed by atoms with E-state index in [1.165, 1.54) is 0 Å². The number of nitriles is 1. The monoisotopic (exact) mass is 241 g/mol. The summed E-state index contributed by atoms with van der Waals surface area (Å²) in [5, 5.41) is 9.97. The van der Waals surface area contributed by atoms with Crippen LogP contribution in [0.25, 0.3) is 0 Å². The minimum atomic E-state index is -0.0813. The van der Waals surface area contributed by atoms with Crippen LogP contribution in [-0.2, 0) is 0 Å². The van der Waals surface area contributed by atoms with Gasteiger partial charge >= 0.3 is 0 Å². The smallest absolute Gasteiger partial charge is 0.0809 e. The van der Waals surface area contributed by atoms with Gasteiger partial charge in [0.25, 0.3) is 0 Å². The van der Waals surface area contributed by atoms with Gasteiger partial charge in [-0.1, -0.05) is 29.3 Å². The molecule has 2 atom stereocenters. The second-order valence-corrected chi connectivity index (χ2v) is 4.23. The molecule has 0 saturated carbocycles. The first kappa shape index (κ1) is 10.7. The summed E-state index contributed by atoms with van der Waals surface area (Å²) in [6, 6.07) is 7.63. The molecule has 3 nitrogen and oxygen atoms in total. The Labute approximate surface area is 98.0 Å². The average Bonchev–Trinajstić information content (AvgIpc) is 2.70. The number of nitrogens with zero attached hydrogens (tertiary/aromatic N) is 1. The number of benzene rings is 1. The number of nitrogens with one attached hydrogen (secondary N) is 2. The highest BCUT2D eigenvalue weighted by Crippen LogP contribution is 2.29. The third kappa shape index (κ3) is 2.09. The second-order valence-electron chi connectivity index (χ2n) is 3.41. The molecule has 0 spiro atoms. The fourth-order valence-corrected chi connectivity index (χ4v) is 1.95. The Kier molecular flexibility index (Phi) is 3.13. The molecule has 2 N–H and O–H groups in total. The van der Waals surface area contributed by atoms with E-state index >= 15 is 0 Å². The van der Waals surface area contributed by atoms with Crippen molar-refractivity contribution in [1.29, 1.82) is 5.26 Å². The lowest BCUT2D eigenvalue weighted by Gasteiger charge is -2.13. The van der Waals surface area contributed by atoms with Crippen LogP contribution in [0.2, 0.25) is 10.0 Å². The first-order valence-electron chi connectivity index (χ1n) is 4.55. The minimum absolute atomic E-state index is 0.0234. The van der Waals surface area contributed by atoms with Crippen molar-refractivity contribution >= 4 is 23.2 Å². The van der Waals surface area contributed by atoms with Crippen molar-refractivity contribution < 1.29 is 0 Å². The summed E-state index contributed by atoms with van der Waals surface area (Å²) < 4.78 is 0. The zero-order valence-corrected chi connectivity index (χ0v) is 9.31. The van der Waals surface area contributed by atoms with E-state index in [0.29, 0.717) is 16.6 Å². The summed E-state index contributed by atoms with van der Waals surface area (Å²) in [5.41, 5.74) is 6.98. The van der Waals surface area contributed by atoms with Crippen molar-refractivity contribution in [2.75, 3.05) is 6.54 Å². The van der Waals surface area contributed by atoms with Crippen molar-refractivity contribution in [1.82, 2.24) is 10.9 Å². The Morgan fingerprint density at radius 2 is 2.13 bits per heavy atom. The molecule has 1 aliphatic heterocycles. The predicted octanol–water partition coefficient (Wildman–Crippen LogP) is 2.28. The molecule has 1 aromatic carbocycles. The van der Waals surface area contributed by atoms with E-state index in [2.05, 4.69) is 16.9 Å². The number of hydrogen-bond donors (Lipinski definition) is 2. The summed E-state index contributed by atoms with van der Waals surface area (Å²) in [4.78, 5) is 0. The zero-order chi connectivity index (χ0) is 10.8. The number of halogens is 2. The number of hydrogen-bond acceptors (Lipinski definition) is 3. The highest BCUT2D eigenvalue weighted by molar-refractivity contribution is 6.42. The summed E-state index contributed by atoms with van der Waals surface area (Å²) >= 11 is 11.7. The van der Waals surface area contributed by atoms with Gasteiger partial charge in [-0.15, -0.1) is 0 Å². The molecule has 1 fully saturated rings. The Bertz CT molecular complexity index is 414. The third-order valence-electron chi connectivity index (χ3n) is 2.45. The van der Waals surface area contributed by atoms with Gasteiger partial charge in [0.1, 0.15) is 0 Å². The van der Waals surface area contributed by atoms with Gasteiger partial charge in [-0.3, -0.25) is 5.43 Å². The van der Waals surface area contributed by atoms with Crippen molar-refractivity contribution in [3.63, 3.8) is 0 Å². The van der Waals surface area contributed by atoms with E-state index in [-0.39, 0.29) is 12.0 Å². The van der Waals surface area contributed by atoms with Crippen LogP contribution in [0.5, 0.6) is 0 Å². The molecule has 1 aliphatic rings. The lowest BCUT2D eigenvalue weighted by atomic mass is 9.96. The highest BCUT2D eigenvalue weighted by atomic mass is 35.5. The van der Waals surface area contributed by atoms with E-state index in [9.17, 15) is 0 Å². The van der Waals surface area contributed by atoms with Gasteiger partial charge in [0.2, 0.25) is 0 Å². The van der Waals surface area contributed by atoms with E-state index in [1.54, 1.807) is 12.1 Å². The number of hydrazine groups is 1. The standard InChI is InChI=1S/C10H9Cl2N3/c11-8-2-1-6(3-9(8)12)10-7(4-13)5-14-15-10/h1-3,7,10,14-15H,5H2. The Balaban J connectivity index is 2.30. The van der Waals surface area contributed by atoms with Crippen molar-refractivity contribution in [3.8, 4) is 6.07 Å². The molecule has 0 amide bonds. The third-order valence-corrected chi connectivity index (χ3v) is 3.19. The lowest BCUT2D eigenvalue weighted by molar-refractivity contribution is 0.545. The maximum atomic E-state index is 8.93. The highest BCUT2D eigenvalue weighted by Gasteiger charge is 2.28. The van der Waals surface area contributed by atoms with Crippen LogP contribution in [0.15, 0.2) is 18.2 Å². The van der Waals surface area contributed by atoms with E-state index < -0.39 is 0 Å². The first-order chi connectivity index (χ1) is 7.22. The largest absolute Gasteiger partial charge is 0.256 e. The van der Waals surface area contributed by atoms with E-state index in [0.717, 1.165) is 5.56 Å². The Morgan fingerprint density at radius 1 is 1.33 bits per heavy atom. The molecule has 15 heavy (non-hydrogen) atoms. The summed E-state index contributed by atoms with van der Waals surface area (Å²) in [6.07, 6.45) is 0. The van der Waals surface area contributed by atoms with Crippen LogP contribution >= 0.6 is 23.2 Å². The molecule has 78 valence electrons. The van der Waals surface area contributed by atoms with Gasteiger partial charge in [-0.25, -0.2) is 5.43 Å². The molecule has 1 saturated heterocycles. The molecule has 2 rings (SSSR count). The lowest BCUT2D eigenvalue weighted by Crippen LogP contribution is -2.24. The quantitative estimate of drug-likeness (QED) is 0.794. The zero-order valence-electron chi connectivity index (χ0n) is 7.80. The van der Waals surface area contributed by atoms with Gasteiger partial charge in [0, 0.05) is 6.54 Å². The Hall–Kier alpha value is -0.790. The van der Waals surface area contributed by atoms with Crippen LogP contribution < -0.4 is 10.9 Å². The van der Waals surface area contributed by atoms with Gasteiger partial charge in [-0.2, -0.15) is 5.26 Å². The molecule has 1 heterocycles. The molecule has 0 radical (unpaired) electrons. The van der Waals surface area contributed by atoms with Crippen molar-refractivity contribution in [2.24, 2.45) is 5.92 Å². The molecule has 1 aromatic rings. The van der Waals surface area contributed by atoms with Crippen molar-refractivity contribution in [2.45, 2.75) is 6.04 Å². The predicted molar refractivity (Wildman–Crippen MR) is 59.4 cm³/mol. The molecule has 5 heteroatoms. The molecular weight excluding hydrogens is 233 g/mol. The van der Waals surface area contributed by atoms with E-state index in [1.807, 2.05) is 6.07 Å². The number of rotatable bonds is 1. The normalized spacial score (nSPS) is 25.1. The molecule has 0 bridgehead atoms. The maximum absolute atomic E-state index is 8.93. The summed E-state index contributed by atoms with van der Waals surface area (Å²) in [6.45, 7) is 0.640. The van der Waals surface area contributed by atoms with Crippen LogP contribution in [0, 0.1) is 17.2 Å². The SMILES string of the molecule is N#CC1CNNC1c1ccc(Cl)c(Cl)c1. The topological polar surface area (TPSA) is 47.9 Å². The van der Waals surface area contributed by atoms with Crippen molar-refractivity contribution in [3.05, 3.63) is 33.8 Å². The van der Waals surface area contributed by atoms with Gasteiger partial charge in [0.05, 0.1) is 28.1 Å². The molecule has 2 unspecified atom stereocenters. The average molecular weight is 242 g/mol. The van der Waals surface area contributed by atoms with E-state index in [4.69, 9.17) is 28.5 Å².